The maximum Gasteiger partial charge on any atom is 0.418 e. The number of hydrogen-bond donors (Lipinski definition) is 0. The van der Waals surface area contributed by atoms with Gasteiger partial charge in [-0.3, -0.25) is 4.98 Å². The van der Waals surface area contributed by atoms with Gasteiger partial charge in [0, 0.05) is 18.0 Å². The van der Waals surface area contributed by atoms with Gasteiger partial charge in [0.05, 0.1) is 11.3 Å². The molecule has 1 atom stereocenters. The second-order valence-corrected chi connectivity index (χ2v) is 5.04. The zero-order valence-corrected chi connectivity index (χ0v) is 10.5. The van der Waals surface area contributed by atoms with Gasteiger partial charge in [0.15, 0.2) is 0 Å². The highest BCUT2D eigenvalue weighted by Gasteiger charge is 2.34. The summed E-state index contributed by atoms with van der Waals surface area (Å²) in [6, 6.07) is 2.33. The Kier molecular flexibility index (Phi) is 4.80. The van der Waals surface area contributed by atoms with E-state index in [1.54, 1.807) is 0 Å². The van der Waals surface area contributed by atoms with Gasteiger partial charge in [-0.25, -0.2) is 0 Å². The fourth-order valence-electron chi connectivity index (χ4n) is 1.66. The average Bonchev–Trinajstić information content (AvgIpc) is 2.15. The Morgan fingerprint density at radius 3 is 2.53 bits per heavy atom. The fourth-order valence-corrected chi connectivity index (χ4v) is 2.17. The molecule has 17 heavy (non-hydrogen) atoms. The molecule has 0 amide bonds. The first-order valence-corrected chi connectivity index (χ1v) is 5.89. The molecule has 96 valence electrons. The van der Waals surface area contributed by atoms with Crippen molar-refractivity contribution in [2.24, 2.45) is 5.92 Å². The van der Waals surface area contributed by atoms with Crippen LogP contribution < -0.4 is 0 Å². The van der Waals surface area contributed by atoms with Gasteiger partial charge in [0.2, 0.25) is 0 Å². The largest absolute Gasteiger partial charge is 0.418 e. The topological polar surface area (TPSA) is 12.9 Å². The summed E-state index contributed by atoms with van der Waals surface area (Å²) in [5, 5.41) is -0.314. The highest BCUT2D eigenvalue weighted by Crippen LogP contribution is 2.32. The van der Waals surface area contributed by atoms with Crippen molar-refractivity contribution in [2.45, 2.75) is 38.2 Å². The Hall–Kier alpha value is -0.770. The minimum atomic E-state index is -4.36. The van der Waals surface area contributed by atoms with Crippen molar-refractivity contribution in [3.8, 4) is 0 Å². The van der Waals surface area contributed by atoms with E-state index in [0.29, 0.717) is 12.3 Å². The molecule has 0 N–H and O–H groups in total. The molecule has 1 heterocycles. The third-order valence-corrected chi connectivity index (χ3v) is 2.67. The molecule has 0 aromatic carbocycles. The third kappa shape index (κ3) is 4.54. The first kappa shape index (κ1) is 14.3. The van der Waals surface area contributed by atoms with Crippen molar-refractivity contribution in [3.63, 3.8) is 0 Å². The lowest BCUT2D eigenvalue weighted by molar-refractivity contribution is -0.138. The normalized spacial score (nSPS) is 14.1. The van der Waals surface area contributed by atoms with Crippen LogP contribution >= 0.6 is 11.6 Å². The van der Waals surface area contributed by atoms with Crippen LogP contribution in [0, 0.1) is 5.92 Å². The van der Waals surface area contributed by atoms with Crippen LogP contribution in [-0.4, -0.2) is 10.4 Å². The van der Waals surface area contributed by atoms with Gasteiger partial charge in [-0.2, -0.15) is 13.2 Å². The number of alkyl halides is 4. The number of halogens is 4. The van der Waals surface area contributed by atoms with Gasteiger partial charge in [-0.15, -0.1) is 11.6 Å². The SMILES string of the molecule is CC(C)CC(Cl)Cc1ncccc1C(F)(F)F. The van der Waals surface area contributed by atoms with E-state index in [4.69, 9.17) is 11.6 Å². The first-order valence-electron chi connectivity index (χ1n) is 5.46. The summed E-state index contributed by atoms with van der Waals surface area (Å²) in [6.07, 6.45) is -2.17. The molecular formula is C12H15ClF3N. The van der Waals surface area contributed by atoms with Crippen LogP contribution in [0.5, 0.6) is 0 Å². The van der Waals surface area contributed by atoms with Gasteiger partial charge in [-0.05, 0) is 24.5 Å². The molecule has 0 aliphatic carbocycles. The molecule has 0 aliphatic rings. The molecule has 1 aromatic heterocycles. The second-order valence-electron chi connectivity index (χ2n) is 4.43. The van der Waals surface area contributed by atoms with E-state index < -0.39 is 11.7 Å². The van der Waals surface area contributed by atoms with Gasteiger partial charge in [0.1, 0.15) is 0 Å². The summed E-state index contributed by atoms with van der Waals surface area (Å²) >= 11 is 6.03. The molecule has 1 aromatic rings. The highest BCUT2D eigenvalue weighted by molar-refractivity contribution is 6.20. The van der Waals surface area contributed by atoms with E-state index in [-0.39, 0.29) is 17.5 Å². The van der Waals surface area contributed by atoms with Crippen LogP contribution in [0.15, 0.2) is 18.3 Å². The standard InChI is InChI=1S/C12H15ClF3N/c1-8(2)6-9(13)7-11-10(12(14,15)16)4-3-5-17-11/h3-5,8-9H,6-7H2,1-2H3. The molecule has 0 radical (unpaired) electrons. The zero-order chi connectivity index (χ0) is 13.1. The van der Waals surface area contributed by atoms with Gasteiger partial charge in [-0.1, -0.05) is 13.8 Å². The number of nitrogens with zero attached hydrogens (tertiary/aromatic N) is 1. The smallest absolute Gasteiger partial charge is 0.261 e. The Balaban J connectivity index is 2.84. The molecule has 0 aliphatic heterocycles. The molecule has 0 spiro atoms. The monoisotopic (exact) mass is 265 g/mol. The number of rotatable bonds is 4. The van der Waals surface area contributed by atoms with Crippen molar-refractivity contribution < 1.29 is 13.2 Å². The lowest BCUT2D eigenvalue weighted by Crippen LogP contribution is -2.15. The molecule has 1 rings (SSSR count). The molecular weight excluding hydrogens is 251 g/mol. The van der Waals surface area contributed by atoms with E-state index in [2.05, 4.69) is 4.98 Å². The molecule has 1 nitrogen and oxygen atoms in total. The van der Waals surface area contributed by atoms with Crippen LogP contribution in [0.3, 0.4) is 0 Å². The predicted molar refractivity (Wildman–Crippen MR) is 62.0 cm³/mol. The number of aromatic nitrogens is 1. The van der Waals surface area contributed by atoms with E-state index in [0.717, 1.165) is 6.07 Å². The minimum Gasteiger partial charge on any atom is -0.261 e. The number of hydrogen-bond acceptors (Lipinski definition) is 1. The Morgan fingerprint density at radius 2 is 2.00 bits per heavy atom. The molecule has 5 heteroatoms. The van der Waals surface area contributed by atoms with Crippen molar-refractivity contribution >= 4 is 11.6 Å². The summed E-state index contributed by atoms with van der Waals surface area (Å²) in [7, 11) is 0. The van der Waals surface area contributed by atoms with E-state index in [1.807, 2.05) is 13.8 Å². The minimum absolute atomic E-state index is 0.0284. The molecule has 0 bridgehead atoms. The van der Waals surface area contributed by atoms with E-state index in [9.17, 15) is 13.2 Å². The summed E-state index contributed by atoms with van der Waals surface area (Å²) in [4.78, 5) is 3.79. The number of pyridine rings is 1. The van der Waals surface area contributed by atoms with Gasteiger partial charge >= 0.3 is 6.18 Å². The highest BCUT2D eigenvalue weighted by atomic mass is 35.5. The van der Waals surface area contributed by atoms with Crippen LogP contribution in [0.1, 0.15) is 31.5 Å². The fraction of sp³-hybridized carbons (Fsp3) is 0.583. The summed E-state index contributed by atoms with van der Waals surface area (Å²) in [5.41, 5.74) is -0.657. The summed E-state index contributed by atoms with van der Waals surface area (Å²) in [5.74, 6) is 0.357. The second kappa shape index (κ2) is 5.71. The van der Waals surface area contributed by atoms with Crippen molar-refractivity contribution in [1.29, 1.82) is 0 Å². The summed E-state index contributed by atoms with van der Waals surface area (Å²) in [6.45, 7) is 3.97. The van der Waals surface area contributed by atoms with Gasteiger partial charge < -0.3 is 0 Å². The van der Waals surface area contributed by atoms with E-state index >= 15 is 0 Å². The Bertz CT molecular complexity index is 363. The molecule has 0 saturated carbocycles. The van der Waals surface area contributed by atoms with Gasteiger partial charge in [0.25, 0.3) is 0 Å². The molecule has 1 unspecified atom stereocenters. The van der Waals surface area contributed by atoms with Crippen LogP contribution in [0.2, 0.25) is 0 Å². The summed E-state index contributed by atoms with van der Waals surface area (Å²) < 4.78 is 38.0. The quantitative estimate of drug-likeness (QED) is 0.740. The van der Waals surface area contributed by atoms with Crippen LogP contribution in [0.4, 0.5) is 13.2 Å². The lowest BCUT2D eigenvalue weighted by Gasteiger charge is -2.15. The van der Waals surface area contributed by atoms with Crippen molar-refractivity contribution in [3.05, 3.63) is 29.6 Å². The van der Waals surface area contributed by atoms with Crippen LogP contribution in [0.25, 0.3) is 0 Å². The molecule has 0 fully saturated rings. The van der Waals surface area contributed by atoms with Crippen molar-refractivity contribution in [2.75, 3.05) is 0 Å². The van der Waals surface area contributed by atoms with E-state index in [1.165, 1.54) is 12.3 Å². The Morgan fingerprint density at radius 1 is 1.35 bits per heavy atom. The van der Waals surface area contributed by atoms with Crippen molar-refractivity contribution in [1.82, 2.24) is 4.98 Å². The maximum atomic E-state index is 12.7. The third-order valence-electron chi connectivity index (χ3n) is 2.34. The zero-order valence-electron chi connectivity index (χ0n) is 9.76. The average molecular weight is 266 g/mol. The first-order chi connectivity index (χ1) is 7.80. The predicted octanol–water partition coefficient (Wildman–Crippen LogP) is 4.30. The Labute approximate surface area is 104 Å². The lowest BCUT2D eigenvalue weighted by atomic mass is 10.0. The maximum absolute atomic E-state index is 12.7. The van der Waals surface area contributed by atoms with Crippen LogP contribution in [-0.2, 0) is 12.6 Å². The molecule has 0 saturated heterocycles.